The molecule has 10 nitrogen and oxygen atoms in total. The second kappa shape index (κ2) is 18.9. The molecule has 260 valence electrons. The first-order valence-electron chi connectivity index (χ1n) is 16.2. The summed E-state index contributed by atoms with van der Waals surface area (Å²) in [5, 5.41) is 6.57. The Kier molecular flexibility index (Phi) is 14.1. The number of benzene rings is 4. The van der Waals surface area contributed by atoms with E-state index in [1.807, 2.05) is 111 Å². The minimum Gasteiger partial charge on any atom is -0.484 e. The van der Waals surface area contributed by atoms with E-state index in [-0.39, 0.29) is 35.3 Å². The molecule has 0 radical (unpaired) electrons. The summed E-state index contributed by atoms with van der Waals surface area (Å²) in [7, 11) is 0. The maximum atomic E-state index is 12.3. The number of hydrogen-bond donors (Lipinski definition) is 6. The van der Waals surface area contributed by atoms with Crippen LogP contribution >= 0.6 is 24.4 Å². The lowest BCUT2D eigenvalue weighted by atomic mass is 9.91. The maximum Gasteiger partial charge on any atom is 0.276 e. The van der Waals surface area contributed by atoms with Crippen LogP contribution < -0.4 is 41.8 Å². The summed E-state index contributed by atoms with van der Waals surface area (Å²) < 4.78 is 11.4. The van der Waals surface area contributed by atoms with Crippen LogP contribution in [0.1, 0.15) is 48.9 Å². The molecule has 6 N–H and O–H groups in total. The van der Waals surface area contributed by atoms with Gasteiger partial charge < -0.3 is 20.1 Å². The van der Waals surface area contributed by atoms with Crippen molar-refractivity contribution >= 4 is 69.0 Å². The highest BCUT2D eigenvalue weighted by Crippen LogP contribution is 2.33. The highest BCUT2D eigenvalue weighted by molar-refractivity contribution is 7.80. The van der Waals surface area contributed by atoms with E-state index in [0.29, 0.717) is 11.5 Å². The van der Waals surface area contributed by atoms with Gasteiger partial charge in [0.1, 0.15) is 11.5 Å². The van der Waals surface area contributed by atoms with Crippen LogP contribution in [0.5, 0.6) is 11.5 Å². The van der Waals surface area contributed by atoms with Gasteiger partial charge in [-0.2, -0.15) is 0 Å². The van der Waals surface area contributed by atoms with Gasteiger partial charge in [0.25, 0.3) is 11.8 Å². The Hall–Kier alpha value is -5.46. The smallest absolute Gasteiger partial charge is 0.276 e. The van der Waals surface area contributed by atoms with Crippen LogP contribution in [0.4, 0.5) is 11.4 Å². The van der Waals surface area contributed by atoms with Crippen LogP contribution in [0, 0.1) is 13.8 Å². The molecule has 0 spiro atoms. The first-order chi connectivity index (χ1) is 24.1. The van der Waals surface area contributed by atoms with Crippen molar-refractivity contribution in [2.45, 2.75) is 40.5 Å². The summed E-state index contributed by atoms with van der Waals surface area (Å²) in [5.74, 6) is 0.403. The Morgan fingerprint density at radius 3 is 1.28 bits per heavy atom. The minimum atomic E-state index is -0.370. The van der Waals surface area contributed by atoms with Gasteiger partial charge in [0.15, 0.2) is 23.4 Å². The molecule has 0 saturated heterocycles. The van der Waals surface area contributed by atoms with Crippen molar-refractivity contribution in [1.82, 2.24) is 21.7 Å². The first-order valence-corrected chi connectivity index (χ1v) is 17.0. The largest absolute Gasteiger partial charge is 0.484 e. The van der Waals surface area contributed by atoms with Crippen LogP contribution in [0.15, 0.2) is 97.1 Å². The van der Waals surface area contributed by atoms with E-state index in [1.54, 1.807) is 0 Å². The zero-order chi connectivity index (χ0) is 35.9. The number of hydrogen-bond acceptors (Lipinski definition) is 6. The van der Waals surface area contributed by atoms with Crippen LogP contribution in [-0.2, 0) is 9.59 Å². The Morgan fingerprint density at radius 1 is 0.560 bits per heavy atom. The van der Waals surface area contributed by atoms with Crippen LogP contribution in [0.2, 0.25) is 0 Å². The van der Waals surface area contributed by atoms with Gasteiger partial charge in [-0.3, -0.25) is 31.3 Å². The van der Waals surface area contributed by atoms with E-state index in [4.69, 9.17) is 33.9 Å². The summed E-state index contributed by atoms with van der Waals surface area (Å²) in [6.45, 7) is 7.86. The second-order valence-electron chi connectivity index (χ2n) is 11.3. The van der Waals surface area contributed by atoms with Crippen molar-refractivity contribution < 1.29 is 19.1 Å². The average Bonchev–Trinajstić information content (AvgIpc) is 3.11. The second-order valence-corrected chi connectivity index (χ2v) is 12.1. The zero-order valence-corrected chi connectivity index (χ0v) is 30.1. The SMILES string of the molecule is CC/C(=C(/CC)c1ccc(OCC(=O)NNC(=S)Nc2cccc(C)c2)cc1)c1ccc(OCC(=O)NNC(=S)Nc2cccc(C)c2)cc1. The molecule has 0 aliphatic heterocycles. The number of aryl methyl sites for hydroxylation is 2. The summed E-state index contributed by atoms with van der Waals surface area (Å²) >= 11 is 10.5. The van der Waals surface area contributed by atoms with Crippen LogP contribution in [-0.4, -0.2) is 35.3 Å². The number of nitrogens with one attached hydrogen (secondary N) is 6. The monoisotopic (exact) mass is 710 g/mol. The molecule has 4 aromatic rings. The third-order valence-corrected chi connectivity index (χ3v) is 7.81. The molecular formula is C38H42N6O4S2. The topological polar surface area (TPSA) is 125 Å². The maximum absolute atomic E-state index is 12.3. The number of thiocarbonyl (C=S) groups is 2. The van der Waals surface area contributed by atoms with Gasteiger partial charge in [0, 0.05) is 11.4 Å². The number of amides is 2. The van der Waals surface area contributed by atoms with Gasteiger partial charge in [-0.15, -0.1) is 0 Å². The molecule has 4 aromatic carbocycles. The summed E-state index contributed by atoms with van der Waals surface area (Å²) in [5.41, 5.74) is 18.8. The van der Waals surface area contributed by atoms with Crippen molar-refractivity contribution in [3.8, 4) is 11.5 Å². The quantitative estimate of drug-likeness (QED) is 0.0530. The van der Waals surface area contributed by atoms with Crippen molar-refractivity contribution in [1.29, 1.82) is 0 Å². The van der Waals surface area contributed by atoms with Gasteiger partial charge in [0.05, 0.1) is 0 Å². The fourth-order valence-electron chi connectivity index (χ4n) is 5.08. The minimum absolute atomic E-state index is 0.179. The van der Waals surface area contributed by atoms with Gasteiger partial charge >= 0.3 is 0 Å². The predicted octanol–water partition coefficient (Wildman–Crippen LogP) is 6.83. The molecule has 0 aromatic heterocycles. The Balaban J connectivity index is 1.25. The molecule has 0 aliphatic carbocycles. The van der Waals surface area contributed by atoms with Crippen molar-refractivity contribution in [2.75, 3.05) is 23.8 Å². The highest BCUT2D eigenvalue weighted by atomic mass is 32.1. The number of hydrazine groups is 2. The Morgan fingerprint density at radius 2 is 0.940 bits per heavy atom. The number of anilines is 2. The molecule has 0 fully saturated rings. The highest BCUT2D eigenvalue weighted by Gasteiger charge is 2.11. The van der Waals surface area contributed by atoms with Gasteiger partial charge in [-0.1, -0.05) is 62.4 Å². The molecule has 2 amide bonds. The molecule has 4 rings (SSSR count). The van der Waals surface area contributed by atoms with E-state index < -0.39 is 0 Å². The standard InChI is InChI=1S/C38H42N6O4S2/c1-5-33(27-13-17-31(18-14-27)47-23-35(45)41-43-37(49)39-29-11-7-9-25(3)21-29)34(6-2)28-15-19-32(20-16-28)48-24-36(46)42-44-38(50)40-30-12-8-10-26(4)22-30/h7-22H,5-6,23-24H2,1-4H3,(H,41,45)(H,42,46)(H2,39,43,49)(H2,40,44,50)/b34-33+. The van der Waals surface area contributed by atoms with Crippen molar-refractivity contribution in [2.24, 2.45) is 0 Å². The molecule has 0 aliphatic rings. The first kappa shape index (κ1) is 37.4. The fourth-order valence-corrected chi connectivity index (χ4v) is 5.42. The van der Waals surface area contributed by atoms with Gasteiger partial charge in [0.2, 0.25) is 0 Å². The molecule has 0 saturated carbocycles. The lowest BCUT2D eigenvalue weighted by Gasteiger charge is -2.16. The predicted molar refractivity (Wildman–Crippen MR) is 209 cm³/mol. The van der Waals surface area contributed by atoms with E-state index in [9.17, 15) is 9.59 Å². The average molecular weight is 711 g/mol. The van der Waals surface area contributed by atoms with E-state index in [0.717, 1.165) is 46.5 Å². The molecule has 12 heteroatoms. The molecule has 0 heterocycles. The number of carbonyl (C=O) groups excluding carboxylic acids is 2. The number of allylic oxidation sites excluding steroid dienone is 2. The van der Waals surface area contributed by atoms with Crippen LogP contribution in [0.3, 0.4) is 0 Å². The van der Waals surface area contributed by atoms with Crippen LogP contribution in [0.25, 0.3) is 11.1 Å². The normalized spacial score (nSPS) is 11.0. The molecule has 0 unspecified atom stereocenters. The third kappa shape index (κ3) is 11.9. The zero-order valence-electron chi connectivity index (χ0n) is 28.5. The molecular weight excluding hydrogens is 669 g/mol. The summed E-state index contributed by atoms with van der Waals surface area (Å²) in [6, 6.07) is 30.9. The molecule has 0 atom stereocenters. The van der Waals surface area contributed by atoms with E-state index in [1.165, 1.54) is 11.1 Å². The summed E-state index contributed by atoms with van der Waals surface area (Å²) in [4.78, 5) is 24.6. The van der Waals surface area contributed by atoms with E-state index in [2.05, 4.69) is 46.2 Å². The number of ether oxygens (including phenoxy) is 2. The third-order valence-electron chi connectivity index (χ3n) is 7.40. The number of rotatable bonds is 12. The van der Waals surface area contributed by atoms with Gasteiger partial charge in [-0.25, -0.2) is 0 Å². The molecule has 50 heavy (non-hydrogen) atoms. The fraction of sp³-hybridized carbons (Fsp3) is 0.211. The van der Waals surface area contributed by atoms with Crippen molar-refractivity contribution in [3.05, 3.63) is 119 Å². The van der Waals surface area contributed by atoms with Crippen molar-refractivity contribution in [3.63, 3.8) is 0 Å². The number of carbonyl (C=O) groups is 2. The lowest BCUT2D eigenvalue weighted by Crippen LogP contribution is -2.45. The Labute approximate surface area is 304 Å². The molecule has 0 bridgehead atoms. The van der Waals surface area contributed by atoms with Gasteiger partial charge in [-0.05, 0) is 133 Å². The lowest BCUT2D eigenvalue weighted by molar-refractivity contribution is -0.124. The van der Waals surface area contributed by atoms with E-state index >= 15 is 0 Å². The Bertz CT molecular complexity index is 1690. The summed E-state index contributed by atoms with van der Waals surface area (Å²) in [6.07, 6.45) is 1.64.